The van der Waals surface area contributed by atoms with Crippen molar-refractivity contribution in [2.75, 3.05) is 33.3 Å². The lowest BCUT2D eigenvalue weighted by Crippen LogP contribution is -2.73. The van der Waals surface area contributed by atoms with Crippen LogP contribution in [0.15, 0.2) is 34.8 Å². The standard InChI is InChI=1S/C24H30N6O2/c1-15-13-30(8-9-31-15)14-23-28-29-24(32-23)19-10-16(11-22(26-2)20(19)12-25)17-4-3-5-21-18(17)6-7-27-21/h3-5,10-12,15,18,21,25-27H,6-9,13-14H2,1-2H3/p+1. The molecule has 3 unspecified atom stereocenters. The minimum Gasteiger partial charge on any atom is -0.419 e. The van der Waals surface area contributed by atoms with Crippen LogP contribution >= 0.6 is 0 Å². The number of rotatable bonds is 6. The number of hydrogen-bond donors (Lipinski definition) is 3. The first kappa shape index (κ1) is 21.2. The summed E-state index contributed by atoms with van der Waals surface area (Å²) in [5, 5.41) is 22.4. The summed E-state index contributed by atoms with van der Waals surface area (Å²) in [6, 6.07) is 4.68. The van der Waals surface area contributed by atoms with Crippen LogP contribution in [0.25, 0.3) is 17.0 Å². The number of nitrogens with zero attached hydrogens (tertiary/aromatic N) is 3. The summed E-state index contributed by atoms with van der Waals surface area (Å²) in [5.41, 5.74) is 5.11. The smallest absolute Gasteiger partial charge is 0.248 e. The molecule has 0 amide bonds. The van der Waals surface area contributed by atoms with Crippen molar-refractivity contribution in [2.24, 2.45) is 5.92 Å². The third-order valence-electron chi connectivity index (χ3n) is 6.64. The first-order valence-corrected chi connectivity index (χ1v) is 11.4. The molecule has 3 aliphatic rings. The third kappa shape index (κ3) is 4.06. The average molecular weight is 436 g/mol. The first-order chi connectivity index (χ1) is 15.7. The van der Waals surface area contributed by atoms with Crippen molar-refractivity contribution in [1.29, 1.82) is 5.41 Å². The van der Waals surface area contributed by atoms with Gasteiger partial charge in [0, 0.05) is 37.3 Å². The number of hydrogen-bond acceptors (Lipinski definition) is 7. The fourth-order valence-corrected chi connectivity index (χ4v) is 5.06. The van der Waals surface area contributed by atoms with Gasteiger partial charge in [-0.25, -0.2) is 0 Å². The van der Waals surface area contributed by atoms with E-state index in [1.807, 2.05) is 12.4 Å². The molecule has 2 aliphatic heterocycles. The quantitative estimate of drug-likeness (QED) is 0.471. The zero-order valence-corrected chi connectivity index (χ0v) is 18.7. The summed E-state index contributed by atoms with van der Waals surface area (Å²) in [6.07, 6.45) is 9.32. The maximum atomic E-state index is 8.05. The van der Waals surface area contributed by atoms with Gasteiger partial charge in [-0.3, -0.25) is 4.90 Å². The van der Waals surface area contributed by atoms with E-state index in [4.69, 9.17) is 14.6 Å². The first-order valence-electron chi connectivity index (χ1n) is 11.4. The average Bonchev–Trinajstić information content (AvgIpc) is 3.47. The van der Waals surface area contributed by atoms with Crippen LogP contribution in [0.3, 0.4) is 0 Å². The maximum Gasteiger partial charge on any atom is 0.248 e. The van der Waals surface area contributed by atoms with Crippen molar-refractivity contribution in [1.82, 2.24) is 20.4 Å². The molecule has 5 rings (SSSR count). The van der Waals surface area contributed by atoms with Gasteiger partial charge in [0.25, 0.3) is 0 Å². The van der Waals surface area contributed by atoms with Crippen LogP contribution in [0, 0.1) is 11.3 Å². The van der Waals surface area contributed by atoms with E-state index in [2.05, 4.69) is 57.7 Å². The summed E-state index contributed by atoms with van der Waals surface area (Å²) in [6.45, 7) is 6.15. The second-order valence-electron chi connectivity index (χ2n) is 8.76. The Morgan fingerprint density at radius 3 is 3.06 bits per heavy atom. The summed E-state index contributed by atoms with van der Waals surface area (Å²) in [4.78, 5) is 2.27. The number of fused-ring (bicyclic) bond motifs is 1. The van der Waals surface area contributed by atoms with Crippen LogP contribution in [0.5, 0.6) is 0 Å². The van der Waals surface area contributed by atoms with E-state index in [9.17, 15) is 0 Å². The molecular formula is C24H31N6O2+. The van der Waals surface area contributed by atoms with Crippen LogP contribution in [0.4, 0.5) is 5.69 Å². The van der Waals surface area contributed by atoms with Crippen molar-refractivity contribution in [3.8, 4) is 11.5 Å². The highest BCUT2D eigenvalue weighted by molar-refractivity contribution is 5.94. The third-order valence-corrected chi connectivity index (χ3v) is 6.64. The lowest BCUT2D eigenvalue weighted by atomic mass is 9.82. The largest absolute Gasteiger partial charge is 0.419 e. The van der Waals surface area contributed by atoms with E-state index in [0.717, 1.165) is 55.0 Å². The predicted molar refractivity (Wildman–Crippen MR) is 123 cm³/mol. The molecular weight excluding hydrogens is 404 g/mol. The van der Waals surface area contributed by atoms with Gasteiger partial charge in [-0.1, -0.05) is 18.2 Å². The van der Waals surface area contributed by atoms with Crippen LogP contribution in [0.2, 0.25) is 0 Å². The minimum atomic E-state index is 0.210. The normalized spacial score (nSPS) is 25.6. The Labute approximate surface area is 188 Å². The van der Waals surface area contributed by atoms with Gasteiger partial charge in [0.15, 0.2) is 0 Å². The van der Waals surface area contributed by atoms with Crippen molar-refractivity contribution in [3.05, 3.63) is 47.4 Å². The number of allylic oxidation sites excluding steroid dienone is 2. The van der Waals surface area contributed by atoms with Crippen molar-refractivity contribution in [2.45, 2.75) is 32.0 Å². The Hall–Kier alpha value is -2.65. The van der Waals surface area contributed by atoms with Gasteiger partial charge in [0.1, 0.15) is 5.69 Å². The van der Waals surface area contributed by atoms with Gasteiger partial charge < -0.3 is 25.2 Å². The van der Waals surface area contributed by atoms with E-state index in [0.29, 0.717) is 30.3 Å². The molecule has 0 saturated carbocycles. The number of benzene rings is 1. The Kier molecular flexibility index (Phi) is 6.01. The van der Waals surface area contributed by atoms with E-state index in [1.54, 1.807) is 0 Å². The van der Waals surface area contributed by atoms with E-state index >= 15 is 0 Å². The number of morpholine rings is 1. The maximum absolute atomic E-state index is 8.05. The summed E-state index contributed by atoms with van der Waals surface area (Å²) in [5.74, 6) is 1.53. The molecule has 8 nitrogen and oxygen atoms in total. The Morgan fingerprint density at radius 2 is 2.25 bits per heavy atom. The molecule has 1 aliphatic carbocycles. The predicted octanol–water partition coefficient (Wildman–Crippen LogP) is 1.71. The Bertz CT molecular complexity index is 1060. The fourth-order valence-electron chi connectivity index (χ4n) is 5.06. The summed E-state index contributed by atoms with van der Waals surface area (Å²) < 4.78 is 11.7. The summed E-state index contributed by atoms with van der Waals surface area (Å²) >= 11 is 0. The fraction of sp³-hybridized carbons (Fsp3) is 0.458. The van der Waals surface area contributed by atoms with Gasteiger partial charge in [-0.15, -0.1) is 10.2 Å². The van der Waals surface area contributed by atoms with Crippen molar-refractivity contribution >= 4 is 17.5 Å². The zero-order chi connectivity index (χ0) is 22.1. The van der Waals surface area contributed by atoms with Gasteiger partial charge in [-0.05, 0) is 37.1 Å². The molecule has 1 aromatic carbocycles. The van der Waals surface area contributed by atoms with Gasteiger partial charge in [-0.2, -0.15) is 0 Å². The molecule has 32 heavy (non-hydrogen) atoms. The van der Waals surface area contributed by atoms with Gasteiger partial charge in [0.05, 0.1) is 37.4 Å². The molecule has 0 radical (unpaired) electrons. The number of nitrogens with one attached hydrogen (secondary N) is 2. The molecule has 168 valence electrons. The highest BCUT2D eigenvalue weighted by atomic mass is 16.5. The topological polar surface area (TPSA) is 104 Å². The minimum absolute atomic E-state index is 0.210. The highest BCUT2D eigenvalue weighted by Crippen LogP contribution is 2.38. The molecule has 4 N–H and O–H groups in total. The zero-order valence-electron chi connectivity index (χ0n) is 18.7. The molecule has 1 aromatic heterocycles. The molecule has 2 fully saturated rings. The highest BCUT2D eigenvalue weighted by Gasteiger charge is 2.31. The number of ether oxygens (including phenoxy) is 1. The van der Waals surface area contributed by atoms with Gasteiger partial charge >= 0.3 is 0 Å². The van der Waals surface area contributed by atoms with E-state index in [-0.39, 0.29) is 6.10 Å². The number of nitrogens with two attached hydrogens (primary N) is 1. The Balaban J connectivity index is 1.49. The van der Waals surface area contributed by atoms with Crippen LogP contribution in [-0.2, 0) is 11.3 Å². The molecule has 8 heteroatoms. The SMILES string of the molecule is C[NH2+]c1cc(C2=CC=CC3NCCC23)cc(-c2nnc(CN3CCOC(C)C3)o2)c1C=N. The van der Waals surface area contributed by atoms with Crippen LogP contribution in [0.1, 0.15) is 30.4 Å². The van der Waals surface area contributed by atoms with Gasteiger partial charge in [0.2, 0.25) is 11.8 Å². The monoisotopic (exact) mass is 435 g/mol. The van der Waals surface area contributed by atoms with Crippen LogP contribution in [-0.4, -0.2) is 66.7 Å². The van der Waals surface area contributed by atoms with E-state index in [1.165, 1.54) is 11.8 Å². The molecule has 3 atom stereocenters. The molecule has 0 bridgehead atoms. The lowest BCUT2D eigenvalue weighted by Gasteiger charge is -2.29. The number of quaternary nitrogens is 1. The molecule has 2 aromatic rings. The molecule has 2 saturated heterocycles. The van der Waals surface area contributed by atoms with Crippen molar-refractivity contribution in [3.63, 3.8) is 0 Å². The Morgan fingerprint density at radius 1 is 1.34 bits per heavy atom. The van der Waals surface area contributed by atoms with Crippen LogP contribution < -0.4 is 10.6 Å². The summed E-state index contributed by atoms with van der Waals surface area (Å²) in [7, 11) is 2.00. The van der Waals surface area contributed by atoms with Crippen molar-refractivity contribution < 1.29 is 14.5 Å². The van der Waals surface area contributed by atoms with E-state index < -0.39 is 0 Å². The molecule has 3 heterocycles. The second kappa shape index (κ2) is 9.07. The number of aromatic nitrogens is 2. The lowest BCUT2D eigenvalue weighted by molar-refractivity contribution is -0.539. The second-order valence-corrected chi connectivity index (χ2v) is 8.76. The molecule has 0 spiro atoms.